The molecule has 41 heavy (non-hydrogen) atoms. The second-order valence-corrected chi connectivity index (χ2v) is 16.0. The van der Waals surface area contributed by atoms with Crippen molar-refractivity contribution in [2.24, 2.45) is 0 Å². The molecule has 1 N–H and O–H groups in total. The summed E-state index contributed by atoms with van der Waals surface area (Å²) in [5, 5.41) is 2.70. The number of nitrogens with one attached hydrogen (secondary N) is 1. The van der Waals surface area contributed by atoms with Crippen molar-refractivity contribution in [1.29, 1.82) is 0 Å². The van der Waals surface area contributed by atoms with Gasteiger partial charge in [0.25, 0.3) is 8.53 Å². The molecule has 1 aliphatic rings. The number of hydrogen-bond acceptors (Lipinski definition) is 10. The van der Waals surface area contributed by atoms with Gasteiger partial charge in [-0.1, -0.05) is 49.3 Å². The third-order valence-corrected chi connectivity index (χ3v) is 11.6. The minimum Gasteiger partial charge on any atom is -0.349 e. The topological polar surface area (TPSA) is 104 Å². The quantitative estimate of drug-likeness (QED) is 0.124. The Morgan fingerprint density at radius 1 is 1.27 bits per heavy atom. The molecule has 0 aromatic carbocycles. The molecule has 2 unspecified atom stereocenters. The van der Waals surface area contributed by atoms with Gasteiger partial charge in [-0.3, -0.25) is 9.36 Å². The van der Waals surface area contributed by atoms with E-state index in [4.69, 9.17) is 15.2 Å². The number of nitrogens with zero attached hydrogens (tertiary/aromatic N) is 5. The van der Waals surface area contributed by atoms with Gasteiger partial charge in [-0.2, -0.15) is 0 Å². The van der Waals surface area contributed by atoms with Crippen LogP contribution in [-0.4, -0.2) is 77.7 Å². The van der Waals surface area contributed by atoms with Crippen LogP contribution in [-0.2, 0) is 18.6 Å². The lowest BCUT2D eigenvalue weighted by atomic mass is 10.2. The van der Waals surface area contributed by atoms with Gasteiger partial charge in [0.05, 0.1) is 19.0 Å². The molecule has 0 aliphatic carbocycles. The standard InChI is InChI=1S/C27H46FN6O4PS2/c1-10-20(35)32-24-22-25(30-15-29-24)33(16-31-22)26-21(28)23(19(6)37-26)38-39(34(17(2)3)18(4)5)36-13-11-12-14-40-41-27(7,8)9/h15-19,21,23,26H,10-14H2,1-9H3,(H,29,30,32,35)/t19-,21+,23?,26-,39?/m1/s1/i6D. The number of fused-ring (bicyclic) bond motifs is 1. The highest BCUT2D eigenvalue weighted by atomic mass is 33.1. The highest BCUT2D eigenvalue weighted by Crippen LogP contribution is 2.50. The van der Waals surface area contributed by atoms with Gasteiger partial charge >= 0.3 is 0 Å². The molecular weight excluding hydrogens is 586 g/mol. The molecule has 3 rings (SSSR count). The van der Waals surface area contributed by atoms with Gasteiger partial charge in [0.15, 0.2) is 29.4 Å². The minimum atomic E-state index is -1.62. The molecule has 1 fully saturated rings. The highest BCUT2D eigenvalue weighted by Gasteiger charge is 2.48. The van der Waals surface area contributed by atoms with Crippen LogP contribution in [0, 0.1) is 0 Å². The first-order chi connectivity index (χ1) is 19.9. The number of carbonyl (C=O) groups is 1. The first-order valence-electron chi connectivity index (χ1n) is 14.8. The van der Waals surface area contributed by atoms with E-state index in [1.165, 1.54) is 17.2 Å². The van der Waals surface area contributed by atoms with Crippen LogP contribution in [0.5, 0.6) is 0 Å². The second-order valence-electron chi connectivity index (χ2n) is 11.4. The largest absolute Gasteiger partial charge is 0.349 e. The summed E-state index contributed by atoms with van der Waals surface area (Å²) in [5.41, 5.74) is 0.651. The lowest BCUT2D eigenvalue weighted by Crippen LogP contribution is -2.37. The summed E-state index contributed by atoms with van der Waals surface area (Å²) in [5.74, 6) is 1.06. The summed E-state index contributed by atoms with van der Waals surface area (Å²) < 4.78 is 47.0. The maximum absolute atomic E-state index is 16.2. The number of anilines is 1. The Morgan fingerprint density at radius 2 is 2.00 bits per heavy atom. The minimum absolute atomic E-state index is 0.103. The van der Waals surface area contributed by atoms with Crippen LogP contribution in [0.2, 0.25) is 0 Å². The van der Waals surface area contributed by atoms with Gasteiger partial charge in [-0.25, -0.2) is 24.0 Å². The normalized spacial score (nSPS) is 22.7. The van der Waals surface area contributed by atoms with Crippen molar-refractivity contribution in [3.63, 3.8) is 0 Å². The van der Waals surface area contributed by atoms with E-state index in [1.54, 1.807) is 6.92 Å². The van der Waals surface area contributed by atoms with E-state index in [-0.39, 0.29) is 41.9 Å². The average Bonchev–Trinajstić information content (AvgIpc) is 3.48. The Bertz CT molecular complexity index is 1140. The van der Waals surface area contributed by atoms with Gasteiger partial charge in [-0.15, -0.1) is 0 Å². The molecule has 3 heterocycles. The number of unbranched alkanes of at least 4 members (excludes halogenated alkanes) is 1. The molecule has 1 aliphatic heterocycles. The fourth-order valence-electron chi connectivity index (χ4n) is 4.25. The molecule has 10 nitrogen and oxygen atoms in total. The fourth-order valence-corrected chi connectivity index (χ4v) is 8.47. The van der Waals surface area contributed by atoms with Gasteiger partial charge < -0.3 is 19.1 Å². The highest BCUT2D eigenvalue weighted by molar-refractivity contribution is 8.77. The third-order valence-electron chi connectivity index (χ3n) is 6.07. The third kappa shape index (κ3) is 9.45. The molecule has 2 aromatic rings. The van der Waals surface area contributed by atoms with Crippen molar-refractivity contribution in [1.82, 2.24) is 24.2 Å². The number of aromatic nitrogens is 4. The van der Waals surface area contributed by atoms with Crippen LogP contribution in [0.15, 0.2) is 12.7 Å². The molecule has 1 saturated heterocycles. The smallest absolute Gasteiger partial charge is 0.259 e. The number of carbonyl (C=O) groups excluding carboxylic acids is 1. The molecule has 0 saturated carbocycles. The number of imidazole rings is 1. The average molecular weight is 634 g/mol. The number of hydrogen-bond donors (Lipinski definition) is 1. The van der Waals surface area contributed by atoms with E-state index in [1.807, 2.05) is 21.6 Å². The van der Waals surface area contributed by atoms with Crippen LogP contribution < -0.4 is 5.32 Å². The Labute approximate surface area is 254 Å². The van der Waals surface area contributed by atoms with E-state index < -0.39 is 33.1 Å². The molecule has 1 amide bonds. The van der Waals surface area contributed by atoms with Gasteiger partial charge in [0, 0.05) is 30.4 Å². The molecule has 14 heteroatoms. The molecular formula is C27H46FN6O4PS2. The zero-order chi connectivity index (χ0) is 31.0. The second kappa shape index (κ2) is 15.6. The molecule has 2 aromatic heterocycles. The van der Waals surface area contributed by atoms with Crippen molar-refractivity contribution in [3.8, 4) is 0 Å². The Hall–Kier alpha value is -1.08. The number of rotatable bonds is 15. The van der Waals surface area contributed by atoms with Crippen LogP contribution in [0.4, 0.5) is 10.2 Å². The SMILES string of the molecule is [2H]C[C@H]1O[C@@H](n2cnc3c(NC(=O)CC)ncnc32)[C@@H](F)C1OP(OCCCCSSC(C)(C)C)N(C(C)C)C(C)C. The van der Waals surface area contributed by atoms with Crippen molar-refractivity contribution in [3.05, 3.63) is 12.7 Å². The maximum Gasteiger partial charge on any atom is 0.259 e. The molecule has 5 atom stereocenters. The number of amides is 1. The number of ether oxygens (including phenoxy) is 1. The predicted molar refractivity (Wildman–Crippen MR) is 168 cm³/mol. The summed E-state index contributed by atoms with van der Waals surface area (Å²) in [6.45, 7) is 16.9. The summed E-state index contributed by atoms with van der Waals surface area (Å²) >= 11 is 0. The fraction of sp³-hybridized carbons (Fsp3) is 0.778. The van der Waals surface area contributed by atoms with Crippen LogP contribution in [0.3, 0.4) is 0 Å². The van der Waals surface area contributed by atoms with Gasteiger partial charge in [0.1, 0.15) is 12.4 Å². The number of alkyl halides is 1. The van der Waals surface area contributed by atoms with Crippen molar-refractivity contribution >= 4 is 53.0 Å². The van der Waals surface area contributed by atoms with Gasteiger partial charge in [-0.05, 0) is 47.4 Å². The zero-order valence-electron chi connectivity index (χ0n) is 26.4. The lowest BCUT2D eigenvalue weighted by molar-refractivity contribution is -0.115. The molecule has 0 spiro atoms. The summed E-state index contributed by atoms with van der Waals surface area (Å²) in [6.07, 6.45) is 0.311. The summed E-state index contributed by atoms with van der Waals surface area (Å²) in [6, 6.07) is 0.207. The van der Waals surface area contributed by atoms with E-state index in [0.29, 0.717) is 17.8 Å². The van der Waals surface area contributed by atoms with Crippen molar-refractivity contribution in [2.75, 3.05) is 17.7 Å². The van der Waals surface area contributed by atoms with Crippen LogP contribution in [0.25, 0.3) is 11.2 Å². The molecule has 232 valence electrons. The van der Waals surface area contributed by atoms with E-state index in [0.717, 1.165) is 18.6 Å². The summed E-state index contributed by atoms with van der Waals surface area (Å²) in [4.78, 5) is 24.7. The Morgan fingerprint density at radius 3 is 2.63 bits per heavy atom. The first kappa shape index (κ1) is 32.8. The Balaban J connectivity index is 1.75. The molecule has 0 radical (unpaired) electrons. The van der Waals surface area contributed by atoms with Gasteiger partial charge in [0.2, 0.25) is 5.91 Å². The van der Waals surface area contributed by atoms with E-state index >= 15 is 4.39 Å². The van der Waals surface area contributed by atoms with Crippen molar-refractivity contribution < 1.29 is 24.3 Å². The van der Waals surface area contributed by atoms with E-state index in [2.05, 4.69) is 73.4 Å². The van der Waals surface area contributed by atoms with Crippen molar-refractivity contribution in [2.45, 2.75) is 123 Å². The summed E-state index contributed by atoms with van der Waals surface area (Å²) in [7, 11) is 2.13. The number of halogens is 1. The first-order valence-corrected chi connectivity index (χ1v) is 17.6. The van der Waals surface area contributed by atoms with Crippen LogP contribution >= 0.6 is 30.1 Å². The van der Waals surface area contributed by atoms with Crippen LogP contribution in [0.1, 0.15) is 89.2 Å². The Kier molecular flexibility index (Phi) is 12.5. The predicted octanol–water partition coefficient (Wildman–Crippen LogP) is 7.14. The van der Waals surface area contributed by atoms with E-state index in [9.17, 15) is 4.79 Å². The zero-order valence-corrected chi connectivity index (χ0v) is 27.9. The monoisotopic (exact) mass is 633 g/mol. The lowest BCUT2D eigenvalue weighted by Gasteiger charge is -2.37. The maximum atomic E-state index is 16.2. The molecule has 0 bridgehead atoms.